The normalized spacial score (nSPS) is 24.5. The zero-order valence-corrected chi connectivity index (χ0v) is 12.4. The standard InChI is InChI=1S/C16H24N2O3/c1-11(9-14(19)12-5-3-2-4-6-12)18-16(20)15-8-7-13(10-17)21-15/h2-6,11,13-15,19H,7-10,17H2,1H3,(H,18,20)/t11?,13-,14?,15+/m1/s1. The number of benzene rings is 1. The minimum Gasteiger partial charge on any atom is -0.388 e. The fourth-order valence-electron chi connectivity index (χ4n) is 2.61. The molecule has 1 aliphatic heterocycles. The zero-order chi connectivity index (χ0) is 15.2. The van der Waals surface area contributed by atoms with Crippen LogP contribution in [0.1, 0.15) is 37.9 Å². The molecule has 0 saturated carbocycles. The van der Waals surface area contributed by atoms with Crippen LogP contribution in [-0.4, -0.2) is 35.8 Å². The van der Waals surface area contributed by atoms with Gasteiger partial charge in [0.05, 0.1) is 12.2 Å². The van der Waals surface area contributed by atoms with E-state index < -0.39 is 12.2 Å². The third-order valence-electron chi connectivity index (χ3n) is 3.81. The Hall–Kier alpha value is -1.43. The number of amides is 1. The maximum absolute atomic E-state index is 12.1. The lowest BCUT2D eigenvalue weighted by atomic mass is 10.0. The SMILES string of the molecule is CC(CC(O)c1ccccc1)NC(=O)[C@@H]1CC[C@H](CN)O1. The van der Waals surface area contributed by atoms with Crippen molar-refractivity contribution in [3.8, 4) is 0 Å². The second-order valence-electron chi connectivity index (χ2n) is 5.63. The Labute approximate surface area is 125 Å². The summed E-state index contributed by atoms with van der Waals surface area (Å²) < 4.78 is 5.56. The highest BCUT2D eigenvalue weighted by atomic mass is 16.5. The molecule has 1 amide bonds. The van der Waals surface area contributed by atoms with Crippen molar-refractivity contribution in [1.29, 1.82) is 0 Å². The molecule has 1 fully saturated rings. The summed E-state index contributed by atoms with van der Waals surface area (Å²) in [6, 6.07) is 9.33. The predicted molar refractivity (Wildman–Crippen MR) is 80.6 cm³/mol. The van der Waals surface area contributed by atoms with Crippen molar-refractivity contribution in [2.24, 2.45) is 5.73 Å². The Kier molecular flexibility index (Phi) is 5.73. The molecule has 5 heteroatoms. The molecule has 0 bridgehead atoms. The molecule has 116 valence electrons. The molecule has 0 aliphatic carbocycles. The lowest BCUT2D eigenvalue weighted by Crippen LogP contribution is -2.41. The number of rotatable bonds is 6. The third kappa shape index (κ3) is 4.52. The van der Waals surface area contributed by atoms with Gasteiger partial charge in [0.25, 0.3) is 0 Å². The summed E-state index contributed by atoms with van der Waals surface area (Å²) in [5, 5.41) is 13.1. The second kappa shape index (κ2) is 7.54. The van der Waals surface area contributed by atoms with E-state index in [-0.39, 0.29) is 18.1 Å². The molecular formula is C16H24N2O3. The van der Waals surface area contributed by atoms with E-state index in [1.165, 1.54) is 0 Å². The van der Waals surface area contributed by atoms with Crippen molar-refractivity contribution in [1.82, 2.24) is 5.32 Å². The zero-order valence-electron chi connectivity index (χ0n) is 12.4. The molecule has 2 unspecified atom stereocenters. The van der Waals surface area contributed by atoms with Gasteiger partial charge < -0.3 is 20.9 Å². The first-order valence-electron chi connectivity index (χ1n) is 7.49. The van der Waals surface area contributed by atoms with E-state index in [1.807, 2.05) is 37.3 Å². The number of carbonyl (C=O) groups is 1. The number of nitrogens with one attached hydrogen (secondary N) is 1. The first-order valence-corrected chi connectivity index (χ1v) is 7.49. The van der Waals surface area contributed by atoms with Crippen molar-refractivity contribution >= 4 is 5.91 Å². The van der Waals surface area contributed by atoms with E-state index in [0.29, 0.717) is 19.4 Å². The highest BCUT2D eigenvalue weighted by molar-refractivity contribution is 5.81. The molecule has 1 aromatic rings. The number of ether oxygens (including phenoxy) is 1. The van der Waals surface area contributed by atoms with Gasteiger partial charge in [0.15, 0.2) is 0 Å². The van der Waals surface area contributed by atoms with Crippen LogP contribution >= 0.6 is 0 Å². The molecule has 1 aliphatic rings. The Bertz CT molecular complexity index is 452. The van der Waals surface area contributed by atoms with Crippen LogP contribution in [0, 0.1) is 0 Å². The Morgan fingerprint density at radius 3 is 2.76 bits per heavy atom. The van der Waals surface area contributed by atoms with E-state index in [0.717, 1.165) is 12.0 Å². The van der Waals surface area contributed by atoms with Crippen LogP contribution < -0.4 is 11.1 Å². The van der Waals surface area contributed by atoms with Gasteiger partial charge in [-0.2, -0.15) is 0 Å². The first kappa shape index (κ1) is 15.9. The number of hydrogen-bond acceptors (Lipinski definition) is 4. The minimum absolute atomic E-state index is 0.00837. The van der Waals surface area contributed by atoms with Crippen molar-refractivity contribution in [3.05, 3.63) is 35.9 Å². The Morgan fingerprint density at radius 1 is 1.43 bits per heavy atom. The fraction of sp³-hybridized carbons (Fsp3) is 0.562. The largest absolute Gasteiger partial charge is 0.388 e. The predicted octanol–water partition coefficient (Wildman–Crippen LogP) is 1.12. The van der Waals surface area contributed by atoms with Crippen molar-refractivity contribution in [3.63, 3.8) is 0 Å². The number of hydrogen-bond donors (Lipinski definition) is 3. The summed E-state index contributed by atoms with van der Waals surface area (Å²) in [6.07, 6.45) is 1.02. The van der Waals surface area contributed by atoms with Crippen LogP contribution in [0.5, 0.6) is 0 Å². The van der Waals surface area contributed by atoms with E-state index >= 15 is 0 Å². The molecule has 1 aromatic carbocycles. The van der Waals surface area contributed by atoms with Crippen molar-refractivity contribution in [2.75, 3.05) is 6.54 Å². The van der Waals surface area contributed by atoms with Gasteiger partial charge in [-0.1, -0.05) is 30.3 Å². The number of aliphatic hydroxyl groups is 1. The van der Waals surface area contributed by atoms with Gasteiger partial charge in [-0.05, 0) is 31.7 Å². The quantitative estimate of drug-likeness (QED) is 0.733. The highest BCUT2D eigenvalue weighted by Gasteiger charge is 2.30. The topological polar surface area (TPSA) is 84.6 Å². The van der Waals surface area contributed by atoms with E-state index in [4.69, 9.17) is 10.5 Å². The smallest absolute Gasteiger partial charge is 0.249 e. The number of nitrogens with two attached hydrogens (primary N) is 1. The number of aliphatic hydroxyl groups excluding tert-OH is 1. The molecule has 4 atom stereocenters. The molecule has 4 N–H and O–H groups in total. The summed E-state index contributed by atoms with van der Waals surface area (Å²) in [7, 11) is 0. The average Bonchev–Trinajstić information content (AvgIpc) is 2.97. The van der Waals surface area contributed by atoms with Gasteiger partial charge in [-0.3, -0.25) is 4.79 Å². The van der Waals surface area contributed by atoms with Crippen molar-refractivity contribution < 1.29 is 14.6 Å². The molecule has 2 rings (SSSR count). The van der Waals surface area contributed by atoms with Gasteiger partial charge in [0.1, 0.15) is 6.10 Å². The van der Waals surface area contributed by atoms with Gasteiger partial charge in [0.2, 0.25) is 5.91 Å². The summed E-state index contributed by atoms with van der Waals surface area (Å²) in [5.74, 6) is -0.112. The Balaban J connectivity index is 1.79. The highest BCUT2D eigenvalue weighted by Crippen LogP contribution is 2.20. The molecular weight excluding hydrogens is 268 g/mol. The average molecular weight is 292 g/mol. The number of carbonyl (C=O) groups excluding carboxylic acids is 1. The Morgan fingerprint density at radius 2 is 2.14 bits per heavy atom. The summed E-state index contributed by atoms with van der Waals surface area (Å²) >= 11 is 0. The molecule has 5 nitrogen and oxygen atoms in total. The summed E-state index contributed by atoms with van der Waals surface area (Å²) in [6.45, 7) is 2.34. The lowest BCUT2D eigenvalue weighted by molar-refractivity contribution is -0.132. The van der Waals surface area contributed by atoms with Crippen LogP contribution in [0.15, 0.2) is 30.3 Å². The van der Waals surface area contributed by atoms with Crippen LogP contribution in [0.25, 0.3) is 0 Å². The van der Waals surface area contributed by atoms with E-state index in [1.54, 1.807) is 0 Å². The molecule has 0 radical (unpaired) electrons. The third-order valence-corrected chi connectivity index (χ3v) is 3.81. The van der Waals surface area contributed by atoms with Gasteiger partial charge in [-0.15, -0.1) is 0 Å². The lowest BCUT2D eigenvalue weighted by Gasteiger charge is -2.20. The maximum Gasteiger partial charge on any atom is 0.249 e. The van der Waals surface area contributed by atoms with Crippen LogP contribution in [-0.2, 0) is 9.53 Å². The van der Waals surface area contributed by atoms with E-state index in [2.05, 4.69) is 5.32 Å². The van der Waals surface area contributed by atoms with Gasteiger partial charge in [0, 0.05) is 12.6 Å². The van der Waals surface area contributed by atoms with Crippen molar-refractivity contribution in [2.45, 2.75) is 50.5 Å². The maximum atomic E-state index is 12.1. The van der Waals surface area contributed by atoms with E-state index in [9.17, 15) is 9.90 Å². The molecule has 1 saturated heterocycles. The van der Waals surface area contributed by atoms with Crippen LogP contribution in [0.3, 0.4) is 0 Å². The van der Waals surface area contributed by atoms with Gasteiger partial charge >= 0.3 is 0 Å². The van der Waals surface area contributed by atoms with Gasteiger partial charge in [-0.25, -0.2) is 0 Å². The summed E-state index contributed by atoms with van der Waals surface area (Å²) in [4.78, 5) is 12.1. The molecule has 1 heterocycles. The minimum atomic E-state index is -0.581. The second-order valence-corrected chi connectivity index (χ2v) is 5.63. The molecule has 0 spiro atoms. The summed E-state index contributed by atoms with van der Waals surface area (Å²) in [5.41, 5.74) is 6.40. The monoisotopic (exact) mass is 292 g/mol. The molecule has 0 aromatic heterocycles. The molecule has 21 heavy (non-hydrogen) atoms. The van der Waals surface area contributed by atoms with Crippen LogP contribution in [0.4, 0.5) is 0 Å². The van der Waals surface area contributed by atoms with Crippen LogP contribution in [0.2, 0.25) is 0 Å². The fourth-order valence-corrected chi connectivity index (χ4v) is 2.61. The first-order chi connectivity index (χ1) is 10.1.